The number of Topliss-reactive ketones (excluding diaryl/α,β-unsaturated/α-hetero) is 1. The molecule has 0 bridgehead atoms. The van der Waals surface area contributed by atoms with E-state index in [2.05, 4.69) is 16.5 Å². The van der Waals surface area contributed by atoms with E-state index in [1.54, 1.807) is 12.0 Å². The van der Waals surface area contributed by atoms with Gasteiger partial charge in [-0.2, -0.15) is 4.98 Å². The summed E-state index contributed by atoms with van der Waals surface area (Å²) in [6, 6.07) is 6.68. The summed E-state index contributed by atoms with van der Waals surface area (Å²) in [6.45, 7) is 6.66. The van der Waals surface area contributed by atoms with Crippen LogP contribution in [0.2, 0.25) is 0 Å². The van der Waals surface area contributed by atoms with Gasteiger partial charge in [0.05, 0.1) is 55.9 Å². The maximum atomic E-state index is 15.2. The monoisotopic (exact) mass is 860 g/mol. The van der Waals surface area contributed by atoms with Gasteiger partial charge in [0.1, 0.15) is 23.8 Å². The van der Waals surface area contributed by atoms with Crippen LogP contribution in [-0.4, -0.2) is 105 Å². The van der Waals surface area contributed by atoms with Gasteiger partial charge in [-0.15, -0.1) is 0 Å². The van der Waals surface area contributed by atoms with Crippen LogP contribution < -0.4 is 19.1 Å². The number of methoxy groups -OCH3 is 1. The van der Waals surface area contributed by atoms with Gasteiger partial charge in [-0.05, 0) is 117 Å². The highest BCUT2D eigenvalue weighted by Gasteiger charge is 2.62. The number of allylic oxidation sites excluding steroid dienone is 2. The SMILES string of the molecule is COc1ccc2c(O[C@@H]3C[C@H]4C(=O)C[C@]5(C(=O)NS(=O)(=O)C6CC6)C[C@H]5/C=C\CC[C@@H](C)C[C@@H](C)[C@H](CC(=O)OC5C[C@@H]6C[C@@H]6C5)C(=O)N4C3)nc(N3CCOCC3)cc2c1. The largest absolute Gasteiger partial charge is 0.497 e. The number of ether oxygens (including phenoxy) is 4. The fourth-order valence-corrected chi connectivity index (χ4v) is 12.1. The van der Waals surface area contributed by atoms with Crippen LogP contribution in [0.4, 0.5) is 5.82 Å². The first-order chi connectivity index (χ1) is 29.3. The van der Waals surface area contributed by atoms with Crippen LogP contribution in [0.3, 0.4) is 0 Å². The van der Waals surface area contributed by atoms with E-state index in [1.807, 2.05) is 43.3 Å². The number of morpholine rings is 1. The Labute approximate surface area is 358 Å². The molecule has 61 heavy (non-hydrogen) atoms. The van der Waals surface area contributed by atoms with Gasteiger partial charge in [0.15, 0.2) is 5.78 Å². The third-order valence-electron chi connectivity index (χ3n) is 14.7. The number of carbonyl (C=O) groups excluding carboxylic acids is 4. The molecule has 1 aromatic heterocycles. The van der Waals surface area contributed by atoms with Crippen molar-refractivity contribution in [3.05, 3.63) is 36.4 Å². The van der Waals surface area contributed by atoms with Crippen molar-refractivity contribution in [2.75, 3.05) is 44.9 Å². The number of esters is 1. The Morgan fingerprint density at radius 1 is 0.984 bits per heavy atom. The van der Waals surface area contributed by atoms with Crippen molar-refractivity contribution in [3.63, 3.8) is 0 Å². The number of benzene rings is 1. The van der Waals surface area contributed by atoms with Crippen molar-refractivity contribution in [2.24, 2.45) is 40.9 Å². The summed E-state index contributed by atoms with van der Waals surface area (Å²) in [5.74, 6) is 0.287. The number of anilines is 1. The number of nitrogens with one attached hydrogen (secondary N) is 1. The first-order valence-corrected chi connectivity index (χ1v) is 24.1. The molecule has 7 aliphatic rings. The molecule has 10 atom stereocenters. The molecule has 4 saturated carbocycles. The van der Waals surface area contributed by atoms with Crippen LogP contribution in [0, 0.1) is 40.9 Å². The Kier molecular flexibility index (Phi) is 11.6. The number of rotatable bonds is 10. The summed E-state index contributed by atoms with van der Waals surface area (Å²) in [5, 5.41) is 1.00. The molecule has 14 nitrogen and oxygen atoms in total. The molecule has 1 aromatic carbocycles. The molecule has 9 rings (SSSR count). The third-order valence-corrected chi connectivity index (χ3v) is 16.5. The van der Waals surface area contributed by atoms with Crippen molar-refractivity contribution in [1.29, 1.82) is 0 Å². The molecule has 1 unspecified atom stereocenters. The van der Waals surface area contributed by atoms with Gasteiger partial charge in [-0.3, -0.25) is 23.9 Å². The highest BCUT2D eigenvalue weighted by atomic mass is 32.2. The van der Waals surface area contributed by atoms with Gasteiger partial charge in [0.25, 0.3) is 0 Å². The zero-order valence-corrected chi connectivity index (χ0v) is 36.4. The number of fused-ring (bicyclic) bond motifs is 4. The number of nitrogens with zero attached hydrogens (tertiary/aromatic N) is 3. The van der Waals surface area contributed by atoms with Crippen molar-refractivity contribution < 1.29 is 46.5 Å². The average Bonchev–Trinajstić information content (AvgIpc) is 4.20. The van der Waals surface area contributed by atoms with E-state index in [0.717, 1.165) is 36.5 Å². The molecule has 4 heterocycles. The van der Waals surface area contributed by atoms with Gasteiger partial charge in [0.2, 0.25) is 27.7 Å². The molecule has 6 fully saturated rings. The van der Waals surface area contributed by atoms with Crippen LogP contribution in [0.15, 0.2) is 36.4 Å². The molecule has 0 radical (unpaired) electrons. The Hall–Kier alpha value is -4.24. The summed E-state index contributed by atoms with van der Waals surface area (Å²) in [5.41, 5.74) is -1.25. The highest BCUT2D eigenvalue weighted by Crippen LogP contribution is 2.57. The van der Waals surface area contributed by atoms with Crippen LogP contribution in [0.25, 0.3) is 10.8 Å². The summed E-state index contributed by atoms with van der Waals surface area (Å²) in [7, 11) is -2.25. The summed E-state index contributed by atoms with van der Waals surface area (Å²) in [6.07, 6.45) is 9.57. The van der Waals surface area contributed by atoms with Crippen LogP contribution in [-0.2, 0) is 38.7 Å². The van der Waals surface area contributed by atoms with Crippen molar-refractivity contribution in [2.45, 2.75) is 114 Å². The molecular weight excluding hydrogens is 801 g/mol. The van der Waals surface area contributed by atoms with Crippen molar-refractivity contribution >= 4 is 50.2 Å². The second-order valence-electron chi connectivity index (χ2n) is 19.2. The number of sulfonamides is 1. The second-order valence-corrected chi connectivity index (χ2v) is 21.2. The minimum Gasteiger partial charge on any atom is -0.497 e. The Bertz CT molecular complexity index is 2180. The number of carbonyl (C=O) groups is 4. The van der Waals surface area contributed by atoms with Gasteiger partial charge in [-0.25, -0.2) is 8.42 Å². The van der Waals surface area contributed by atoms with E-state index in [1.165, 1.54) is 6.42 Å². The summed E-state index contributed by atoms with van der Waals surface area (Å²) >= 11 is 0. The van der Waals surface area contributed by atoms with Crippen molar-refractivity contribution in [1.82, 2.24) is 14.6 Å². The van der Waals surface area contributed by atoms with E-state index in [0.29, 0.717) is 81.3 Å². The lowest BCUT2D eigenvalue weighted by Crippen LogP contribution is -2.47. The van der Waals surface area contributed by atoms with E-state index in [9.17, 15) is 22.8 Å². The van der Waals surface area contributed by atoms with Gasteiger partial charge >= 0.3 is 5.97 Å². The van der Waals surface area contributed by atoms with Crippen LogP contribution >= 0.6 is 0 Å². The first kappa shape index (κ1) is 42.1. The van der Waals surface area contributed by atoms with Crippen LogP contribution in [0.5, 0.6) is 11.6 Å². The Morgan fingerprint density at radius 3 is 2.49 bits per heavy atom. The van der Waals surface area contributed by atoms with Crippen molar-refractivity contribution in [3.8, 4) is 11.6 Å². The molecule has 0 spiro atoms. The average molecular weight is 861 g/mol. The predicted octanol–water partition coefficient (Wildman–Crippen LogP) is 5.36. The lowest BCUT2D eigenvalue weighted by atomic mass is 9.82. The standard InChI is InChI=1S/C46H60N4O10S/c1-27-6-4-5-7-32-24-46(32,45(54)48-61(55,56)36-9-10-36)25-40(51)39-22-35(26-50(39)44(53)38(28(2)16-27)23-42(52)59-34-18-29-17-30(29)19-34)60-43-37-11-8-33(57-3)20-31(37)21-41(47-43)49-12-14-58-15-13-49/h5,7-8,11,20-21,27-30,32,34-36,38-39H,4,6,9-10,12-19,22-26H2,1-3H3,(H,48,54)/b7-5-/t27-,28-,29-,30+,32-,34?,35-,38+,39+,46-/m1/s1. The second kappa shape index (κ2) is 16.8. The minimum absolute atomic E-state index is 0.0642. The quantitative estimate of drug-likeness (QED) is 0.240. The molecule has 4 aliphatic carbocycles. The minimum atomic E-state index is -3.86. The fourth-order valence-electron chi connectivity index (χ4n) is 10.7. The molecule has 15 heteroatoms. The Balaban J connectivity index is 1.04. The van der Waals surface area contributed by atoms with Gasteiger partial charge in [-0.1, -0.05) is 26.0 Å². The predicted molar refractivity (Wildman–Crippen MR) is 226 cm³/mol. The summed E-state index contributed by atoms with van der Waals surface area (Å²) < 4.78 is 52.4. The number of hydrogen-bond acceptors (Lipinski definition) is 12. The molecule has 3 aliphatic heterocycles. The number of ketones is 1. The first-order valence-electron chi connectivity index (χ1n) is 22.5. The number of pyridine rings is 1. The normalized spacial score (nSPS) is 34.6. The topological polar surface area (TPSA) is 171 Å². The zero-order chi connectivity index (χ0) is 42.6. The number of amides is 2. The molecule has 330 valence electrons. The molecular formula is C46H60N4O10S. The number of aromatic nitrogens is 1. The zero-order valence-electron chi connectivity index (χ0n) is 35.6. The van der Waals surface area contributed by atoms with E-state index >= 15 is 4.79 Å². The van der Waals surface area contributed by atoms with E-state index in [-0.39, 0.29) is 67.3 Å². The third kappa shape index (κ3) is 9.01. The number of hydrogen-bond donors (Lipinski definition) is 1. The molecule has 1 N–H and O–H groups in total. The maximum absolute atomic E-state index is 15.2. The molecule has 2 amide bonds. The Morgan fingerprint density at radius 2 is 1.75 bits per heavy atom. The molecule has 2 saturated heterocycles. The maximum Gasteiger partial charge on any atom is 0.306 e. The van der Waals surface area contributed by atoms with E-state index < -0.39 is 44.7 Å². The lowest BCUT2D eigenvalue weighted by molar-refractivity contribution is -0.155. The van der Waals surface area contributed by atoms with Crippen LogP contribution in [0.1, 0.15) is 90.9 Å². The lowest BCUT2D eigenvalue weighted by Gasteiger charge is -2.32. The molecule has 2 aromatic rings. The highest BCUT2D eigenvalue weighted by molar-refractivity contribution is 7.90. The summed E-state index contributed by atoms with van der Waals surface area (Å²) in [4.78, 5) is 66.5. The van der Waals surface area contributed by atoms with E-state index in [4.69, 9.17) is 23.9 Å². The van der Waals surface area contributed by atoms with Gasteiger partial charge < -0.3 is 28.7 Å². The fraction of sp³-hybridized carbons (Fsp3) is 0.674. The van der Waals surface area contributed by atoms with Gasteiger partial charge in [0, 0.05) is 31.3 Å². The smallest absolute Gasteiger partial charge is 0.306 e.